The van der Waals surface area contributed by atoms with E-state index < -0.39 is 17.9 Å². The maximum atomic E-state index is 12.8. The summed E-state index contributed by atoms with van der Waals surface area (Å²) in [6.45, 7) is 0. The second kappa shape index (κ2) is 4.28. The normalized spacial score (nSPS) is 10.9. The van der Waals surface area contributed by atoms with Crippen LogP contribution in [0.25, 0.3) is 0 Å². The van der Waals surface area contributed by atoms with E-state index in [1.807, 2.05) is 0 Å². The van der Waals surface area contributed by atoms with Crippen molar-refractivity contribution < 1.29 is 13.2 Å². The van der Waals surface area contributed by atoms with Gasteiger partial charge >= 0.3 is 0 Å². The maximum Gasteiger partial charge on any atom is 0.268 e. The molecular weight excluding hydrogens is 270 g/mol. The van der Waals surface area contributed by atoms with Crippen LogP contribution >= 0.6 is 27.5 Å². The highest BCUT2D eigenvalue weighted by Gasteiger charge is 2.17. The van der Waals surface area contributed by atoms with E-state index in [2.05, 4.69) is 20.9 Å². The van der Waals surface area contributed by atoms with Crippen molar-refractivity contribution in [2.75, 3.05) is 0 Å². The third-order valence-corrected chi connectivity index (χ3v) is 2.25. The number of hydrogen-bond donors (Lipinski definition) is 0. The Bertz CT molecular complexity index is 319. The number of hydrogen-bond acceptors (Lipinski definition) is 1. The van der Waals surface area contributed by atoms with Crippen molar-refractivity contribution in [2.45, 2.75) is 11.8 Å². The van der Waals surface area contributed by atoms with Gasteiger partial charge in [-0.05, 0) is 6.07 Å². The highest BCUT2D eigenvalue weighted by atomic mass is 79.9. The average molecular weight is 274 g/mol. The van der Waals surface area contributed by atoms with Crippen LogP contribution in [0.15, 0.2) is 6.07 Å². The van der Waals surface area contributed by atoms with E-state index in [0.717, 1.165) is 6.07 Å². The van der Waals surface area contributed by atoms with Crippen LogP contribution in [0.4, 0.5) is 13.2 Å². The zero-order chi connectivity index (χ0) is 10.0. The zero-order valence-electron chi connectivity index (χ0n) is 6.20. The molecule has 72 valence electrons. The third kappa shape index (κ3) is 2.34. The van der Waals surface area contributed by atoms with E-state index >= 15 is 0 Å². The summed E-state index contributed by atoms with van der Waals surface area (Å²) in [7, 11) is 0. The van der Waals surface area contributed by atoms with Crippen LogP contribution in [0.5, 0.6) is 0 Å². The van der Waals surface area contributed by atoms with Gasteiger partial charge in [0, 0.05) is 5.33 Å². The summed E-state index contributed by atoms with van der Waals surface area (Å²) in [5.74, 6) is -1.17. The van der Waals surface area contributed by atoms with Gasteiger partial charge < -0.3 is 0 Å². The zero-order valence-corrected chi connectivity index (χ0v) is 8.54. The van der Waals surface area contributed by atoms with E-state index in [9.17, 15) is 13.2 Å². The molecule has 0 atom stereocenters. The largest absolute Gasteiger partial charge is 0.268 e. The Hall–Kier alpha value is -0.290. The van der Waals surface area contributed by atoms with Crippen LogP contribution in [0.3, 0.4) is 0 Å². The summed E-state index contributed by atoms with van der Waals surface area (Å²) in [4.78, 5) is 3.29. The van der Waals surface area contributed by atoms with E-state index in [-0.39, 0.29) is 16.0 Å². The Kier molecular flexibility index (Phi) is 3.55. The van der Waals surface area contributed by atoms with Crippen LogP contribution in [0, 0.1) is 5.95 Å². The van der Waals surface area contributed by atoms with Gasteiger partial charge in [0.25, 0.3) is 6.43 Å². The maximum absolute atomic E-state index is 12.8. The predicted octanol–water partition coefficient (Wildman–Crippen LogP) is 3.71. The minimum atomic E-state index is -2.89. The van der Waals surface area contributed by atoms with E-state index in [0.29, 0.717) is 0 Å². The van der Waals surface area contributed by atoms with Crippen LogP contribution in [-0.2, 0) is 5.33 Å². The second-order valence-corrected chi connectivity index (χ2v) is 3.20. The van der Waals surface area contributed by atoms with Crippen LogP contribution < -0.4 is 0 Å². The Morgan fingerprint density at radius 1 is 1.54 bits per heavy atom. The lowest BCUT2D eigenvalue weighted by Crippen LogP contribution is -1.98. The molecule has 0 aromatic carbocycles. The average Bonchev–Trinajstić information content (AvgIpc) is 2.07. The molecule has 0 saturated heterocycles. The Morgan fingerprint density at radius 3 is 2.62 bits per heavy atom. The molecule has 1 heterocycles. The molecule has 0 unspecified atom stereocenters. The molecule has 13 heavy (non-hydrogen) atoms. The van der Waals surface area contributed by atoms with Gasteiger partial charge in [0.15, 0.2) is 0 Å². The molecule has 0 saturated carbocycles. The fourth-order valence-electron chi connectivity index (χ4n) is 0.763. The summed E-state index contributed by atoms with van der Waals surface area (Å²) in [5, 5.41) is 0.264. The molecule has 1 rings (SSSR count). The molecule has 0 fully saturated rings. The fraction of sp³-hybridized carbons (Fsp3) is 0.286. The molecule has 0 bridgehead atoms. The Labute approximate surface area is 86.0 Å². The smallest absolute Gasteiger partial charge is 0.222 e. The van der Waals surface area contributed by atoms with Gasteiger partial charge in [-0.3, -0.25) is 0 Å². The number of nitrogens with zero attached hydrogens (tertiary/aromatic N) is 1. The highest BCUT2D eigenvalue weighted by Crippen LogP contribution is 2.26. The van der Waals surface area contributed by atoms with Crippen molar-refractivity contribution in [1.29, 1.82) is 0 Å². The first kappa shape index (κ1) is 10.8. The van der Waals surface area contributed by atoms with Crippen LogP contribution in [0.1, 0.15) is 17.7 Å². The third-order valence-electron chi connectivity index (χ3n) is 1.39. The van der Waals surface area contributed by atoms with Gasteiger partial charge in [-0.15, -0.1) is 0 Å². The number of alkyl halides is 3. The van der Waals surface area contributed by atoms with Crippen molar-refractivity contribution in [1.82, 2.24) is 4.98 Å². The van der Waals surface area contributed by atoms with Crippen LogP contribution in [-0.4, -0.2) is 4.98 Å². The number of halogens is 5. The van der Waals surface area contributed by atoms with Gasteiger partial charge in [-0.2, -0.15) is 4.39 Å². The lowest BCUT2D eigenvalue weighted by molar-refractivity contribution is 0.145. The second-order valence-electron chi connectivity index (χ2n) is 2.23. The quantitative estimate of drug-likeness (QED) is 0.592. The van der Waals surface area contributed by atoms with Gasteiger partial charge in [-0.1, -0.05) is 27.5 Å². The Morgan fingerprint density at radius 2 is 2.15 bits per heavy atom. The lowest BCUT2D eigenvalue weighted by Gasteiger charge is -2.04. The van der Waals surface area contributed by atoms with Crippen molar-refractivity contribution in [2.24, 2.45) is 0 Å². The first-order chi connectivity index (χ1) is 6.06. The molecule has 0 radical (unpaired) electrons. The minimum Gasteiger partial charge on any atom is -0.222 e. The van der Waals surface area contributed by atoms with Gasteiger partial charge in [-0.25, -0.2) is 13.8 Å². The van der Waals surface area contributed by atoms with Crippen molar-refractivity contribution >= 4 is 27.5 Å². The standard InChI is InChI=1S/C7H4BrClF3N/c8-2-5-4(9)1-3(6(10)11)7(12)13-5/h1,6H,2H2. The molecule has 6 heteroatoms. The molecule has 1 nitrogen and oxygen atoms in total. The van der Waals surface area contributed by atoms with E-state index in [1.54, 1.807) is 0 Å². The molecule has 1 aromatic heterocycles. The number of aromatic nitrogens is 1. The lowest BCUT2D eigenvalue weighted by atomic mass is 10.2. The minimum absolute atomic E-state index is 0.0357. The Balaban J connectivity index is 3.20. The molecule has 0 amide bonds. The number of pyridine rings is 1. The van der Waals surface area contributed by atoms with E-state index in [4.69, 9.17) is 11.6 Å². The summed E-state index contributed by atoms with van der Waals surface area (Å²) >= 11 is 8.56. The van der Waals surface area contributed by atoms with Crippen molar-refractivity contribution in [3.8, 4) is 0 Å². The highest BCUT2D eigenvalue weighted by molar-refractivity contribution is 9.08. The topological polar surface area (TPSA) is 12.9 Å². The van der Waals surface area contributed by atoms with Gasteiger partial charge in [0.2, 0.25) is 5.95 Å². The van der Waals surface area contributed by atoms with Crippen molar-refractivity contribution in [3.05, 3.63) is 28.3 Å². The summed E-state index contributed by atoms with van der Waals surface area (Å²) in [6.07, 6.45) is -2.89. The van der Waals surface area contributed by atoms with Gasteiger partial charge in [0.1, 0.15) is 0 Å². The summed E-state index contributed by atoms with van der Waals surface area (Å²) < 4.78 is 37.0. The molecule has 0 aliphatic heterocycles. The van der Waals surface area contributed by atoms with Gasteiger partial charge in [0.05, 0.1) is 16.3 Å². The van der Waals surface area contributed by atoms with Crippen molar-refractivity contribution in [3.63, 3.8) is 0 Å². The van der Waals surface area contributed by atoms with Crippen LogP contribution in [0.2, 0.25) is 5.02 Å². The SMILES string of the molecule is Fc1nc(CBr)c(Cl)cc1C(F)F. The fourth-order valence-corrected chi connectivity index (χ4v) is 1.58. The first-order valence-corrected chi connectivity index (χ1v) is 4.75. The van der Waals surface area contributed by atoms with E-state index in [1.165, 1.54) is 0 Å². The first-order valence-electron chi connectivity index (χ1n) is 3.25. The monoisotopic (exact) mass is 273 g/mol. The molecule has 1 aromatic rings. The number of rotatable bonds is 2. The molecule has 0 aliphatic rings. The molecule has 0 N–H and O–H groups in total. The summed E-state index contributed by atoms with van der Waals surface area (Å²) in [5.41, 5.74) is -0.557. The summed E-state index contributed by atoms with van der Waals surface area (Å²) in [6, 6.07) is 0.894. The molecular formula is C7H4BrClF3N. The molecule has 0 aliphatic carbocycles. The molecule has 0 spiro atoms. The predicted molar refractivity (Wildman–Crippen MR) is 46.8 cm³/mol.